The van der Waals surface area contributed by atoms with Gasteiger partial charge in [0.1, 0.15) is 17.4 Å². The standard InChI is InChI=1S/C24H17BrCl3N3O2/c25-18-13-31(12-17-6-1-2-8-19(17)26)30-23(18)29-24(32)16-7-3-5-15(11-16)14-33-21-10-4-9-20(27)22(21)28/h1-11,13H,12,14H2,(H,29,30,32). The molecule has 0 aliphatic heterocycles. The molecule has 0 unspecified atom stereocenters. The third-order valence-electron chi connectivity index (χ3n) is 4.74. The summed E-state index contributed by atoms with van der Waals surface area (Å²) in [6, 6.07) is 19.9. The predicted molar refractivity (Wildman–Crippen MR) is 136 cm³/mol. The third-order valence-corrected chi connectivity index (χ3v) is 6.49. The van der Waals surface area contributed by atoms with Crippen LogP contribution in [-0.4, -0.2) is 15.7 Å². The number of hydrogen-bond donors (Lipinski definition) is 1. The number of hydrogen-bond acceptors (Lipinski definition) is 3. The number of rotatable bonds is 7. The van der Waals surface area contributed by atoms with Gasteiger partial charge in [0, 0.05) is 16.8 Å². The summed E-state index contributed by atoms with van der Waals surface area (Å²) in [5.74, 6) is 0.604. The highest BCUT2D eigenvalue weighted by Gasteiger charge is 2.14. The Morgan fingerprint density at radius 2 is 1.76 bits per heavy atom. The zero-order chi connectivity index (χ0) is 23.4. The molecule has 1 N–H and O–H groups in total. The van der Waals surface area contributed by atoms with E-state index < -0.39 is 0 Å². The smallest absolute Gasteiger partial charge is 0.256 e. The van der Waals surface area contributed by atoms with Gasteiger partial charge in [0.15, 0.2) is 5.82 Å². The summed E-state index contributed by atoms with van der Waals surface area (Å²) in [7, 11) is 0. The Balaban J connectivity index is 1.43. The maximum atomic E-state index is 12.8. The number of anilines is 1. The van der Waals surface area contributed by atoms with Crippen LogP contribution in [0.5, 0.6) is 5.75 Å². The number of ether oxygens (including phenoxy) is 1. The minimum atomic E-state index is -0.290. The second-order valence-corrected chi connectivity index (χ2v) is 9.16. The number of amides is 1. The topological polar surface area (TPSA) is 56.2 Å². The Hall–Kier alpha value is -2.51. The fraction of sp³-hybridized carbons (Fsp3) is 0.0833. The SMILES string of the molecule is O=C(Nc1nn(Cc2ccccc2Cl)cc1Br)c1cccc(COc2cccc(Cl)c2Cl)c1. The molecule has 0 radical (unpaired) electrons. The summed E-state index contributed by atoms with van der Waals surface area (Å²) < 4.78 is 8.14. The Bertz CT molecular complexity index is 1310. The normalized spacial score (nSPS) is 10.8. The van der Waals surface area contributed by atoms with Crippen molar-refractivity contribution < 1.29 is 9.53 Å². The van der Waals surface area contributed by atoms with E-state index in [1.54, 1.807) is 47.3 Å². The number of carbonyl (C=O) groups is 1. The van der Waals surface area contributed by atoms with E-state index in [-0.39, 0.29) is 12.5 Å². The fourth-order valence-corrected chi connectivity index (χ4v) is 4.06. The molecule has 0 saturated heterocycles. The van der Waals surface area contributed by atoms with E-state index in [1.165, 1.54) is 0 Å². The van der Waals surface area contributed by atoms with Crippen molar-refractivity contribution in [3.05, 3.63) is 109 Å². The van der Waals surface area contributed by atoms with Crippen molar-refractivity contribution >= 4 is 62.5 Å². The van der Waals surface area contributed by atoms with E-state index in [0.717, 1.165) is 11.1 Å². The minimum Gasteiger partial charge on any atom is -0.487 e. The highest BCUT2D eigenvalue weighted by molar-refractivity contribution is 9.10. The van der Waals surface area contributed by atoms with Crippen molar-refractivity contribution in [3.63, 3.8) is 0 Å². The van der Waals surface area contributed by atoms with Gasteiger partial charge >= 0.3 is 0 Å². The minimum absolute atomic E-state index is 0.233. The molecule has 0 spiro atoms. The van der Waals surface area contributed by atoms with E-state index >= 15 is 0 Å². The molecule has 0 fully saturated rings. The van der Waals surface area contributed by atoms with Crippen molar-refractivity contribution in [2.75, 3.05) is 5.32 Å². The number of benzene rings is 3. The van der Waals surface area contributed by atoms with E-state index in [9.17, 15) is 4.79 Å². The molecule has 4 rings (SSSR count). The second-order valence-electron chi connectivity index (χ2n) is 7.11. The van der Waals surface area contributed by atoms with E-state index in [4.69, 9.17) is 39.5 Å². The molecular formula is C24H17BrCl3N3O2. The van der Waals surface area contributed by atoms with Crippen molar-refractivity contribution in [2.24, 2.45) is 0 Å². The molecule has 4 aromatic rings. The van der Waals surface area contributed by atoms with Gasteiger partial charge < -0.3 is 10.1 Å². The molecule has 3 aromatic carbocycles. The van der Waals surface area contributed by atoms with Gasteiger partial charge in [-0.3, -0.25) is 9.48 Å². The van der Waals surface area contributed by atoms with Crippen LogP contribution in [0, 0.1) is 0 Å². The number of carbonyl (C=O) groups excluding carboxylic acids is 1. The Morgan fingerprint density at radius 1 is 1.00 bits per heavy atom. The van der Waals surface area contributed by atoms with Crippen molar-refractivity contribution in [2.45, 2.75) is 13.2 Å². The first-order valence-corrected chi connectivity index (χ1v) is 11.8. The maximum Gasteiger partial charge on any atom is 0.256 e. The molecular weight excluding hydrogens is 549 g/mol. The predicted octanol–water partition coefficient (Wildman–Crippen LogP) is 7.49. The first-order valence-electron chi connectivity index (χ1n) is 9.84. The zero-order valence-corrected chi connectivity index (χ0v) is 20.9. The van der Waals surface area contributed by atoms with Crippen LogP contribution in [0.2, 0.25) is 15.1 Å². The molecule has 0 saturated carbocycles. The number of nitrogens with zero attached hydrogens (tertiary/aromatic N) is 2. The lowest BCUT2D eigenvalue weighted by Gasteiger charge is -2.10. The third kappa shape index (κ3) is 5.89. The molecule has 0 atom stereocenters. The number of nitrogens with one attached hydrogen (secondary N) is 1. The van der Waals surface area contributed by atoms with Gasteiger partial charge in [-0.15, -0.1) is 0 Å². The van der Waals surface area contributed by atoms with Crippen LogP contribution in [0.25, 0.3) is 0 Å². The molecule has 33 heavy (non-hydrogen) atoms. The summed E-state index contributed by atoms with van der Waals surface area (Å²) in [4.78, 5) is 12.8. The van der Waals surface area contributed by atoms with Crippen LogP contribution in [0.15, 0.2) is 77.4 Å². The summed E-state index contributed by atoms with van der Waals surface area (Å²) in [5, 5.41) is 8.72. The average molecular weight is 566 g/mol. The number of aromatic nitrogens is 2. The molecule has 5 nitrogen and oxygen atoms in total. The van der Waals surface area contributed by atoms with Crippen LogP contribution in [0.4, 0.5) is 5.82 Å². The van der Waals surface area contributed by atoms with E-state index in [2.05, 4.69) is 26.3 Å². The van der Waals surface area contributed by atoms with Gasteiger partial charge in [0.2, 0.25) is 0 Å². The van der Waals surface area contributed by atoms with Gasteiger partial charge in [-0.1, -0.05) is 71.2 Å². The highest BCUT2D eigenvalue weighted by Crippen LogP contribution is 2.32. The van der Waals surface area contributed by atoms with Crippen LogP contribution in [0.3, 0.4) is 0 Å². The van der Waals surface area contributed by atoms with Gasteiger partial charge in [-0.05, 0) is 57.4 Å². The van der Waals surface area contributed by atoms with Gasteiger partial charge in [-0.25, -0.2) is 0 Å². The zero-order valence-electron chi connectivity index (χ0n) is 17.1. The molecule has 1 heterocycles. The van der Waals surface area contributed by atoms with Gasteiger partial charge in [0.05, 0.1) is 16.0 Å². The van der Waals surface area contributed by atoms with Crippen molar-refractivity contribution in [1.82, 2.24) is 9.78 Å². The molecule has 0 bridgehead atoms. The summed E-state index contributed by atoms with van der Waals surface area (Å²) in [5.41, 5.74) is 2.21. The lowest BCUT2D eigenvalue weighted by atomic mass is 10.1. The average Bonchev–Trinajstić information content (AvgIpc) is 3.15. The largest absolute Gasteiger partial charge is 0.487 e. The Kier molecular flexibility index (Phi) is 7.60. The molecule has 0 aliphatic carbocycles. The van der Waals surface area contributed by atoms with Gasteiger partial charge in [-0.2, -0.15) is 5.10 Å². The van der Waals surface area contributed by atoms with Crippen LogP contribution < -0.4 is 10.1 Å². The lowest BCUT2D eigenvalue weighted by molar-refractivity contribution is 0.102. The Labute approximate surface area is 214 Å². The quantitative estimate of drug-likeness (QED) is 0.253. The first kappa shape index (κ1) is 23.6. The molecule has 0 aliphatic rings. The van der Waals surface area contributed by atoms with Crippen LogP contribution >= 0.6 is 50.7 Å². The summed E-state index contributed by atoms with van der Waals surface area (Å²) >= 11 is 21.9. The lowest BCUT2D eigenvalue weighted by Crippen LogP contribution is -2.13. The summed E-state index contributed by atoms with van der Waals surface area (Å²) in [6.07, 6.45) is 1.79. The Morgan fingerprint density at radius 3 is 2.58 bits per heavy atom. The maximum absolute atomic E-state index is 12.8. The highest BCUT2D eigenvalue weighted by atomic mass is 79.9. The fourth-order valence-electron chi connectivity index (χ4n) is 3.10. The van der Waals surface area contributed by atoms with Gasteiger partial charge in [0.25, 0.3) is 5.91 Å². The van der Waals surface area contributed by atoms with Crippen molar-refractivity contribution in [3.8, 4) is 5.75 Å². The molecule has 168 valence electrons. The molecule has 1 amide bonds. The van der Waals surface area contributed by atoms with Crippen molar-refractivity contribution in [1.29, 1.82) is 0 Å². The van der Waals surface area contributed by atoms with Crippen LogP contribution in [0.1, 0.15) is 21.5 Å². The van der Waals surface area contributed by atoms with E-state index in [0.29, 0.717) is 43.2 Å². The second kappa shape index (κ2) is 10.6. The monoisotopic (exact) mass is 563 g/mol. The van der Waals surface area contributed by atoms with E-state index in [1.807, 2.05) is 30.3 Å². The number of halogens is 4. The molecule has 1 aromatic heterocycles. The molecule has 9 heteroatoms. The summed E-state index contributed by atoms with van der Waals surface area (Å²) in [6.45, 7) is 0.713. The first-order chi connectivity index (χ1) is 15.9. The van der Waals surface area contributed by atoms with Crippen LogP contribution in [-0.2, 0) is 13.2 Å².